The molecule has 0 amide bonds. The predicted molar refractivity (Wildman–Crippen MR) is 86.6 cm³/mol. The minimum atomic E-state index is 0.526. The van der Waals surface area contributed by atoms with E-state index in [0.29, 0.717) is 5.92 Å². The van der Waals surface area contributed by atoms with Crippen molar-refractivity contribution in [1.29, 1.82) is 0 Å². The van der Waals surface area contributed by atoms with Gasteiger partial charge in [-0.05, 0) is 38.7 Å². The summed E-state index contributed by atoms with van der Waals surface area (Å²) < 4.78 is 0. The first-order chi connectivity index (χ1) is 9.27. The van der Waals surface area contributed by atoms with Crippen molar-refractivity contribution in [2.24, 2.45) is 0 Å². The van der Waals surface area contributed by atoms with Crippen LogP contribution in [0.1, 0.15) is 63.0 Å². The Balaban J connectivity index is 2.63. The van der Waals surface area contributed by atoms with Gasteiger partial charge in [0.25, 0.3) is 0 Å². The number of unbranched alkanes of at least 4 members (excludes halogenated alkanes) is 3. The number of rotatable bonds is 8. The van der Waals surface area contributed by atoms with E-state index in [-0.39, 0.29) is 0 Å². The Hall–Kier alpha value is -1.30. The maximum absolute atomic E-state index is 2.39. The lowest BCUT2D eigenvalue weighted by molar-refractivity contribution is 0.725. The summed E-state index contributed by atoms with van der Waals surface area (Å²) in [6.45, 7) is 6.49. The quantitative estimate of drug-likeness (QED) is 0.385. The zero-order valence-corrected chi connectivity index (χ0v) is 12.7. The zero-order valence-electron chi connectivity index (χ0n) is 12.7. The van der Waals surface area contributed by atoms with Crippen molar-refractivity contribution < 1.29 is 0 Å². The van der Waals surface area contributed by atoms with Crippen LogP contribution in [0.3, 0.4) is 0 Å². The SMILES string of the molecule is CC=CCC(C=CCCCCC)c1ccc(C)cc1. The lowest BCUT2D eigenvalue weighted by atomic mass is 9.94. The Kier molecular flexibility index (Phi) is 7.97. The van der Waals surface area contributed by atoms with E-state index in [1.54, 1.807) is 0 Å². The Labute approximate surface area is 119 Å². The molecule has 0 fully saturated rings. The molecule has 0 nitrogen and oxygen atoms in total. The summed E-state index contributed by atoms with van der Waals surface area (Å²) in [5.41, 5.74) is 2.76. The van der Waals surface area contributed by atoms with Crippen molar-refractivity contribution >= 4 is 0 Å². The van der Waals surface area contributed by atoms with E-state index < -0.39 is 0 Å². The van der Waals surface area contributed by atoms with Gasteiger partial charge in [0.1, 0.15) is 0 Å². The summed E-state index contributed by atoms with van der Waals surface area (Å²) in [6, 6.07) is 8.95. The van der Waals surface area contributed by atoms with E-state index in [0.717, 1.165) is 6.42 Å². The lowest BCUT2D eigenvalue weighted by Gasteiger charge is -2.11. The van der Waals surface area contributed by atoms with Gasteiger partial charge < -0.3 is 0 Å². The molecule has 1 atom stereocenters. The van der Waals surface area contributed by atoms with Gasteiger partial charge in [-0.15, -0.1) is 0 Å². The monoisotopic (exact) mass is 256 g/mol. The fraction of sp³-hybridized carbons (Fsp3) is 0.474. The highest BCUT2D eigenvalue weighted by molar-refractivity contribution is 5.28. The van der Waals surface area contributed by atoms with Crippen molar-refractivity contribution in [2.45, 2.75) is 58.8 Å². The van der Waals surface area contributed by atoms with Crippen LogP contribution in [-0.4, -0.2) is 0 Å². The van der Waals surface area contributed by atoms with E-state index in [9.17, 15) is 0 Å². The Morgan fingerprint density at radius 2 is 1.79 bits per heavy atom. The average molecular weight is 256 g/mol. The Morgan fingerprint density at radius 1 is 1.05 bits per heavy atom. The number of hydrogen-bond donors (Lipinski definition) is 0. The molecule has 0 aliphatic carbocycles. The van der Waals surface area contributed by atoms with Crippen LogP contribution in [-0.2, 0) is 0 Å². The number of aryl methyl sites for hydroxylation is 1. The first kappa shape index (κ1) is 15.8. The summed E-state index contributed by atoms with van der Waals surface area (Å²) in [5.74, 6) is 0.526. The molecule has 1 aromatic rings. The maximum Gasteiger partial charge on any atom is 0.00524 e. The molecule has 0 saturated heterocycles. The number of hydrogen-bond acceptors (Lipinski definition) is 0. The molecule has 0 aromatic heterocycles. The topological polar surface area (TPSA) is 0 Å². The van der Waals surface area contributed by atoms with E-state index in [1.165, 1.54) is 36.8 Å². The highest BCUT2D eigenvalue weighted by Gasteiger charge is 2.05. The first-order valence-corrected chi connectivity index (χ1v) is 7.62. The molecule has 0 heteroatoms. The normalized spacial score (nSPS) is 13.4. The largest absolute Gasteiger partial charge is 0.0916 e. The van der Waals surface area contributed by atoms with Crippen LogP contribution < -0.4 is 0 Å². The number of benzene rings is 1. The van der Waals surface area contributed by atoms with E-state index in [2.05, 4.69) is 69.3 Å². The third-order valence-electron chi connectivity index (χ3n) is 3.47. The molecule has 0 aliphatic rings. The highest BCUT2D eigenvalue weighted by Crippen LogP contribution is 2.22. The summed E-state index contributed by atoms with van der Waals surface area (Å²) >= 11 is 0. The number of allylic oxidation sites excluding steroid dienone is 4. The third kappa shape index (κ3) is 6.42. The van der Waals surface area contributed by atoms with Crippen molar-refractivity contribution in [2.75, 3.05) is 0 Å². The van der Waals surface area contributed by atoms with Crippen LogP contribution in [0.2, 0.25) is 0 Å². The lowest BCUT2D eigenvalue weighted by Crippen LogP contribution is -1.94. The first-order valence-electron chi connectivity index (χ1n) is 7.62. The summed E-state index contributed by atoms with van der Waals surface area (Å²) in [5, 5.41) is 0. The molecule has 19 heavy (non-hydrogen) atoms. The van der Waals surface area contributed by atoms with Crippen LogP contribution in [0.4, 0.5) is 0 Å². The summed E-state index contributed by atoms with van der Waals surface area (Å²) in [6.07, 6.45) is 15.4. The van der Waals surface area contributed by atoms with Crippen molar-refractivity contribution in [3.63, 3.8) is 0 Å². The van der Waals surface area contributed by atoms with Crippen LogP contribution in [0.5, 0.6) is 0 Å². The molecule has 104 valence electrons. The molecule has 1 rings (SSSR count). The second-order valence-electron chi connectivity index (χ2n) is 5.25. The summed E-state index contributed by atoms with van der Waals surface area (Å²) in [7, 11) is 0. The third-order valence-corrected chi connectivity index (χ3v) is 3.47. The fourth-order valence-corrected chi connectivity index (χ4v) is 2.19. The molecule has 0 saturated carbocycles. The molecule has 0 N–H and O–H groups in total. The van der Waals surface area contributed by atoms with E-state index in [4.69, 9.17) is 0 Å². The van der Waals surface area contributed by atoms with Gasteiger partial charge in [0.05, 0.1) is 0 Å². The van der Waals surface area contributed by atoms with Gasteiger partial charge in [-0.2, -0.15) is 0 Å². The van der Waals surface area contributed by atoms with Gasteiger partial charge in [-0.3, -0.25) is 0 Å². The molecular formula is C19H28. The molecular weight excluding hydrogens is 228 g/mol. The maximum atomic E-state index is 2.39. The molecule has 0 heterocycles. The molecule has 1 unspecified atom stereocenters. The van der Waals surface area contributed by atoms with Crippen LogP contribution in [0, 0.1) is 6.92 Å². The zero-order chi connectivity index (χ0) is 13.9. The minimum Gasteiger partial charge on any atom is -0.0916 e. The van der Waals surface area contributed by atoms with E-state index in [1.807, 2.05) is 0 Å². The van der Waals surface area contributed by atoms with Gasteiger partial charge in [0.2, 0.25) is 0 Å². The fourth-order valence-electron chi connectivity index (χ4n) is 2.19. The van der Waals surface area contributed by atoms with Crippen LogP contribution in [0.15, 0.2) is 48.6 Å². The molecule has 0 spiro atoms. The van der Waals surface area contributed by atoms with Gasteiger partial charge in [0, 0.05) is 5.92 Å². The van der Waals surface area contributed by atoms with Gasteiger partial charge in [-0.1, -0.05) is 73.9 Å². The van der Waals surface area contributed by atoms with Gasteiger partial charge >= 0.3 is 0 Å². The highest BCUT2D eigenvalue weighted by atomic mass is 14.1. The smallest absolute Gasteiger partial charge is 0.00524 e. The van der Waals surface area contributed by atoms with Crippen molar-refractivity contribution in [3.8, 4) is 0 Å². The molecule has 1 aromatic carbocycles. The van der Waals surface area contributed by atoms with Crippen molar-refractivity contribution in [3.05, 3.63) is 59.7 Å². The second-order valence-corrected chi connectivity index (χ2v) is 5.25. The standard InChI is InChI=1S/C19H28/c1-4-6-8-9-10-12-18(11-7-5-2)19-15-13-17(3)14-16-19/h5,7,10,12-16,18H,4,6,8-9,11H2,1-3H3. The predicted octanol–water partition coefficient (Wildman–Crippen LogP) is 6.18. The van der Waals surface area contributed by atoms with Gasteiger partial charge in [-0.25, -0.2) is 0 Å². The Bertz CT molecular complexity index is 381. The van der Waals surface area contributed by atoms with Crippen LogP contribution in [0.25, 0.3) is 0 Å². The van der Waals surface area contributed by atoms with Gasteiger partial charge in [0.15, 0.2) is 0 Å². The summed E-state index contributed by atoms with van der Waals surface area (Å²) in [4.78, 5) is 0. The Morgan fingerprint density at radius 3 is 2.42 bits per heavy atom. The average Bonchev–Trinajstić information content (AvgIpc) is 2.43. The minimum absolute atomic E-state index is 0.526. The van der Waals surface area contributed by atoms with Crippen LogP contribution >= 0.6 is 0 Å². The van der Waals surface area contributed by atoms with Crippen molar-refractivity contribution in [1.82, 2.24) is 0 Å². The molecule has 0 aliphatic heterocycles. The molecule has 0 radical (unpaired) electrons. The van der Waals surface area contributed by atoms with E-state index >= 15 is 0 Å². The second kappa shape index (κ2) is 9.61. The molecule has 0 bridgehead atoms.